The summed E-state index contributed by atoms with van der Waals surface area (Å²) in [5.74, 6) is 0.857. The largest absolute Gasteiger partial charge is 0.497 e. The Morgan fingerprint density at radius 2 is 2.15 bits per heavy atom. The maximum atomic E-state index is 11.9. The molecule has 0 spiro atoms. The summed E-state index contributed by atoms with van der Waals surface area (Å²) in [6, 6.07) is 11.4. The average molecular weight is 266 g/mol. The molecule has 0 unspecified atom stereocenters. The van der Waals surface area contributed by atoms with Crippen LogP contribution in [0.1, 0.15) is 5.56 Å². The van der Waals surface area contributed by atoms with Gasteiger partial charge in [-0.15, -0.1) is 0 Å². The molecule has 0 aliphatic carbocycles. The van der Waals surface area contributed by atoms with Gasteiger partial charge < -0.3 is 14.3 Å². The minimum absolute atomic E-state index is 0.0596. The standard InChI is InChI=1S/C16H14N2O2/c1-20-10-5-6-13-12(9-10)11-7-8-18-14(16(11)17-13)3-2-4-15(18)19/h2-6,9,17H,7-8H2,1H3. The summed E-state index contributed by atoms with van der Waals surface area (Å²) in [6.45, 7) is 0.728. The number of aromatic amines is 1. The van der Waals surface area contributed by atoms with E-state index < -0.39 is 0 Å². The van der Waals surface area contributed by atoms with Crippen molar-refractivity contribution in [2.45, 2.75) is 13.0 Å². The maximum absolute atomic E-state index is 11.9. The van der Waals surface area contributed by atoms with Crippen LogP contribution in [0.15, 0.2) is 41.2 Å². The molecule has 4 nitrogen and oxygen atoms in total. The molecule has 0 fully saturated rings. The molecule has 1 aromatic carbocycles. The normalized spacial score (nSPS) is 13.1. The number of nitrogens with zero attached hydrogens (tertiary/aromatic N) is 1. The van der Waals surface area contributed by atoms with Crippen LogP contribution in [0.2, 0.25) is 0 Å². The molecule has 20 heavy (non-hydrogen) atoms. The van der Waals surface area contributed by atoms with E-state index in [1.165, 1.54) is 10.9 Å². The van der Waals surface area contributed by atoms with E-state index in [4.69, 9.17) is 4.74 Å². The molecule has 3 heterocycles. The number of pyridine rings is 1. The number of hydrogen-bond acceptors (Lipinski definition) is 2. The second-order valence-electron chi connectivity index (χ2n) is 5.04. The molecule has 0 amide bonds. The van der Waals surface area contributed by atoms with Crippen LogP contribution >= 0.6 is 0 Å². The number of rotatable bonds is 1. The quantitative estimate of drug-likeness (QED) is 0.735. The summed E-state index contributed by atoms with van der Waals surface area (Å²) < 4.78 is 7.13. The Labute approximate surface area is 115 Å². The molecular formula is C16H14N2O2. The van der Waals surface area contributed by atoms with Gasteiger partial charge in [-0.25, -0.2) is 0 Å². The Bertz CT molecular complexity index is 874. The molecular weight excluding hydrogens is 252 g/mol. The SMILES string of the molecule is COc1ccc2[nH]c3c(c2c1)CCn1c-3cccc1=O. The molecule has 4 rings (SSSR count). The lowest BCUT2D eigenvalue weighted by atomic mass is 10.0. The smallest absolute Gasteiger partial charge is 0.251 e. The highest BCUT2D eigenvalue weighted by molar-refractivity contribution is 5.91. The average Bonchev–Trinajstić information content (AvgIpc) is 2.85. The third-order valence-corrected chi connectivity index (χ3v) is 4.00. The number of hydrogen-bond donors (Lipinski definition) is 1. The molecule has 4 heteroatoms. The lowest BCUT2D eigenvalue weighted by molar-refractivity contribution is 0.415. The molecule has 1 aliphatic heterocycles. The molecule has 1 N–H and O–H groups in total. The number of nitrogens with one attached hydrogen (secondary N) is 1. The van der Waals surface area contributed by atoms with Gasteiger partial charge in [0.25, 0.3) is 5.56 Å². The van der Waals surface area contributed by atoms with E-state index in [0.29, 0.717) is 0 Å². The number of benzene rings is 1. The van der Waals surface area contributed by atoms with Crippen LogP contribution in [0.3, 0.4) is 0 Å². The third kappa shape index (κ3) is 1.45. The fourth-order valence-corrected chi connectivity index (χ4v) is 3.02. The fraction of sp³-hybridized carbons (Fsp3) is 0.188. The Morgan fingerprint density at radius 3 is 3.00 bits per heavy atom. The van der Waals surface area contributed by atoms with Crippen molar-refractivity contribution in [3.8, 4) is 17.1 Å². The monoisotopic (exact) mass is 266 g/mol. The van der Waals surface area contributed by atoms with E-state index in [1.807, 2.05) is 28.8 Å². The molecule has 1 aliphatic rings. The van der Waals surface area contributed by atoms with Gasteiger partial charge in [0.05, 0.1) is 18.5 Å². The zero-order chi connectivity index (χ0) is 13.7. The van der Waals surface area contributed by atoms with Gasteiger partial charge in [-0.3, -0.25) is 4.79 Å². The van der Waals surface area contributed by atoms with Crippen molar-refractivity contribution in [2.75, 3.05) is 7.11 Å². The van der Waals surface area contributed by atoms with Crippen molar-refractivity contribution >= 4 is 10.9 Å². The minimum Gasteiger partial charge on any atom is -0.497 e. The van der Waals surface area contributed by atoms with E-state index in [-0.39, 0.29) is 5.56 Å². The van der Waals surface area contributed by atoms with Gasteiger partial charge in [0.15, 0.2) is 0 Å². The second kappa shape index (κ2) is 4.00. The number of aryl methyl sites for hydroxylation is 1. The maximum Gasteiger partial charge on any atom is 0.251 e. The molecule has 0 bridgehead atoms. The van der Waals surface area contributed by atoms with E-state index in [1.54, 1.807) is 13.2 Å². The molecule has 0 radical (unpaired) electrons. The predicted molar refractivity (Wildman–Crippen MR) is 78.3 cm³/mol. The molecule has 2 aromatic heterocycles. The highest BCUT2D eigenvalue weighted by atomic mass is 16.5. The van der Waals surface area contributed by atoms with Gasteiger partial charge in [0.1, 0.15) is 5.75 Å². The minimum atomic E-state index is 0.0596. The summed E-state index contributed by atoms with van der Waals surface area (Å²) in [6.07, 6.45) is 0.861. The second-order valence-corrected chi connectivity index (χ2v) is 5.04. The topological polar surface area (TPSA) is 47.0 Å². The van der Waals surface area contributed by atoms with E-state index >= 15 is 0 Å². The summed E-state index contributed by atoms with van der Waals surface area (Å²) >= 11 is 0. The Balaban J connectivity index is 2.05. The zero-order valence-corrected chi connectivity index (χ0v) is 11.1. The third-order valence-electron chi connectivity index (χ3n) is 4.00. The fourth-order valence-electron chi connectivity index (χ4n) is 3.02. The van der Waals surface area contributed by atoms with Gasteiger partial charge in [0, 0.05) is 23.5 Å². The van der Waals surface area contributed by atoms with Crippen LogP contribution in [-0.4, -0.2) is 16.7 Å². The number of aromatic nitrogens is 2. The van der Waals surface area contributed by atoms with Crippen molar-refractivity contribution in [2.24, 2.45) is 0 Å². The van der Waals surface area contributed by atoms with Crippen LogP contribution < -0.4 is 10.3 Å². The van der Waals surface area contributed by atoms with Crippen molar-refractivity contribution in [3.05, 3.63) is 52.3 Å². The summed E-state index contributed by atoms with van der Waals surface area (Å²) in [5, 5.41) is 1.18. The van der Waals surface area contributed by atoms with E-state index in [9.17, 15) is 4.79 Å². The Morgan fingerprint density at radius 1 is 1.25 bits per heavy atom. The molecule has 3 aromatic rings. The number of H-pyrrole nitrogens is 1. The van der Waals surface area contributed by atoms with Gasteiger partial charge in [-0.05, 0) is 36.2 Å². The Hall–Kier alpha value is -2.49. The summed E-state index contributed by atoms with van der Waals surface area (Å²) in [5.41, 5.74) is 4.43. The van der Waals surface area contributed by atoms with Crippen LogP contribution in [-0.2, 0) is 13.0 Å². The Kier molecular flexibility index (Phi) is 2.27. The van der Waals surface area contributed by atoms with Crippen molar-refractivity contribution in [3.63, 3.8) is 0 Å². The van der Waals surface area contributed by atoms with Crippen molar-refractivity contribution < 1.29 is 4.74 Å². The van der Waals surface area contributed by atoms with Crippen LogP contribution in [0.25, 0.3) is 22.3 Å². The summed E-state index contributed by atoms with van der Waals surface area (Å²) in [4.78, 5) is 15.4. The molecule has 100 valence electrons. The number of fused-ring (bicyclic) bond motifs is 5. The van der Waals surface area contributed by atoms with Gasteiger partial charge in [0.2, 0.25) is 0 Å². The van der Waals surface area contributed by atoms with E-state index in [0.717, 1.165) is 35.6 Å². The highest BCUT2D eigenvalue weighted by Gasteiger charge is 2.21. The first-order valence-corrected chi connectivity index (χ1v) is 6.67. The van der Waals surface area contributed by atoms with Crippen LogP contribution in [0, 0.1) is 0 Å². The van der Waals surface area contributed by atoms with Crippen molar-refractivity contribution in [1.82, 2.24) is 9.55 Å². The van der Waals surface area contributed by atoms with Crippen LogP contribution in [0.5, 0.6) is 5.75 Å². The molecule has 0 atom stereocenters. The van der Waals surface area contributed by atoms with Gasteiger partial charge in [-0.2, -0.15) is 0 Å². The lowest BCUT2D eigenvalue weighted by Crippen LogP contribution is -2.24. The predicted octanol–water partition coefficient (Wildman–Crippen LogP) is 2.56. The lowest BCUT2D eigenvalue weighted by Gasteiger charge is -2.18. The molecule has 0 saturated heterocycles. The summed E-state index contributed by atoms with van der Waals surface area (Å²) in [7, 11) is 1.68. The first kappa shape index (κ1) is 11.3. The zero-order valence-electron chi connectivity index (χ0n) is 11.1. The first-order chi connectivity index (χ1) is 9.78. The first-order valence-electron chi connectivity index (χ1n) is 6.67. The van der Waals surface area contributed by atoms with Crippen molar-refractivity contribution in [1.29, 1.82) is 0 Å². The molecule has 0 saturated carbocycles. The van der Waals surface area contributed by atoms with Gasteiger partial charge in [-0.1, -0.05) is 6.07 Å². The highest BCUT2D eigenvalue weighted by Crippen LogP contribution is 2.35. The number of ether oxygens (including phenoxy) is 1. The van der Waals surface area contributed by atoms with E-state index in [2.05, 4.69) is 11.1 Å². The van der Waals surface area contributed by atoms with Crippen LogP contribution in [0.4, 0.5) is 0 Å². The number of methoxy groups -OCH3 is 1. The van der Waals surface area contributed by atoms with Gasteiger partial charge >= 0.3 is 0 Å².